The van der Waals surface area contributed by atoms with Crippen molar-refractivity contribution in [3.63, 3.8) is 0 Å². The van der Waals surface area contributed by atoms with E-state index in [1.807, 2.05) is 66.9 Å². The van der Waals surface area contributed by atoms with E-state index in [2.05, 4.69) is 42.2 Å². The summed E-state index contributed by atoms with van der Waals surface area (Å²) in [6.07, 6.45) is 4.63. The van der Waals surface area contributed by atoms with Crippen LogP contribution in [0.5, 0.6) is 5.75 Å². The van der Waals surface area contributed by atoms with Crippen LogP contribution in [0.1, 0.15) is 50.8 Å². The van der Waals surface area contributed by atoms with Crippen LogP contribution in [0.4, 0.5) is 0 Å². The predicted octanol–water partition coefficient (Wildman–Crippen LogP) is 4.01. The van der Waals surface area contributed by atoms with Gasteiger partial charge in [0.15, 0.2) is 0 Å². The number of hydrogen-bond donors (Lipinski definition) is 3. The number of aromatic nitrogens is 2. The highest BCUT2D eigenvalue weighted by molar-refractivity contribution is 9.10. The molecule has 0 radical (unpaired) electrons. The number of ether oxygens (including phenoxy) is 1. The van der Waals surface area contributed by atoms with Gasteiger partial charge in [0.1, 0.15) is 11.8 Å². The lowest BCUT2D eigenvalue weighted by molar-refractivity contribution is -0.119. The standard InChI is InChI=1S/C31H29BrN6O3/c32-23-10-8-20(9-11-23)14-28(30(34)39)37-31(40)26-3-1-2-25-27(12-13-41-29(25)26)36-17-24-16-35-19-38(24)18-22-6-4-21(15-33)5-7-22/h1-11,16,19,27-28,36H,12-14,17-18H2,(H2,34,39)(H,37,40)/t27?,28-/m0/s1. The van der Waals surface area contributed by atoms with Gasteiger partial charge in [0.05, 0.1) is 35.8 Å². The number of fused-ring (bicyclic) bond motifs is 1. The zero-order valence-corrected chi connectivity index (χ0v) is 23.8. The number of nitrogens with one attached hydrogen (secondary N) is 2. The summed E-state index contributed by atoms with van der Waals surface area (Å²) in [4.78, 5) is 29.8. The third-order valence-electron chi connectivity index (χ3n) is 7.08. The van der Waals surface area contributed by atoms with Crippen molar-refractivity contribution in [1.29, 1.82) is 5.26 Å². The smallest absolute Gasteiger partial charge is 0.255 e. The van der Waals surface area contributed by atoms with E-state index < -0.39 is 17.9 Å². The summed E-state index contributed by atoms with van der Waals surface area (Å²) in [5, 5.41) is 15.4. The number of nitriles is 1. The predicted molar refractivity (Wildman–Crippen MR) is 157 cm³/mol. The van der Waals surface area contributed by atoms with Gasteiger partial charge in [-0.05, 0) is 41.5 Å². The van der Waals surface area contributed by atoms with Crippen molar-refractivity contribution in [2.75, 3.05) is 6.61 Å². The molecule has 2 atom stereocenters. The van der Waals surface area contributed by atoms with E-state index in [9.17, 15) is 9.59 Å². The summed E-state index contributed by atoms with van der Waals surface area (Å²) in [7, 11) is 0. The third kappa shape index (κ3) is 6.82. The maximum absolute atomic E-state index is 13.3. The van der Waals surface area contributed by atoms with Gasteiger partial charge in [0, 0.05) is 48.2 Å². The van der Waals surface area contributed by atoms with Gasteiger partial charge in [-0.1, -0.05) is 52.3 Å². The Kier molecular flexibility index (Phi) is 8.77. The first kappa shape index (κ1) is 28.1. The first-order valence-electron chi connectivity index (χ1n) is 13.2. The number of benzene rings is 3. The molecular formula is C31H29BrN6O3. The molecule has 10 heteroatoms. The van der Waals surface area contributed by atoms with Crippen LogP contribution in [0, 0.1) is 11.3 Å². The number of imidazole rings is 1. The normalized spacial score (nSPS) is 14.8. The number of carbonyl (C=O) groups is 2. The Morgan fingerprint density at radius 3 is 2.61 bits per heavy atom. The Bertz CT molecular complexity index is 1580. The summed E-state index contributed by atoms with van der Waals surface area (Å²) >= 11 is 3.40. The molecule has 2 heterocycles. The minimum absolute atomic E-state index is 0.0422. The highest BCUT2D eigenvalue weighted by atomic mass is 79.9. The molecule has 0 aliphatic carbocycles. The Hall–Kier alpha value is -4.46. The number of primary amides is 1. The van der Waals surface area contributed by atoms with Crippen LogP contribution in [0.2, 0.25) is 0 Å². The molecule has 0 saturated carbocycles. The molecule has 4 N–H and O–H groups in total. The molecule has 0 saturated heterocycles. The first-order chi connectivity index (χ1) is 19.9. The van der Waals surface area contributed by atoms with Crippen molar-refractivity contribution < 1.29 is 14.3 Å². The second-order valence-corrected chi connectivity index (χ2v) is 10.8. The van der Waals surface area contributed by atoms with Crippen molar-refractivity contribution in [3.8, 4) is 11.8 Å². The molecule has 1 aromatic heterocycles. The summed E-state index contributed by atoms with van der Waals surface area (Å²) < 4.78 is 8.96. The molecule has 1 unspecified atom stereocenters. The van der Waals surface area contributed by atoms with Crippen LogP contribution < -0.4 is 21.1 Å². The SMILES string of the molecule is N#Cc1ccc(Cn2cncc2CNC2CCOc3c(C(=O)N[C@@H](Cc4ccc(Br)cc4)C(N)=O)cccc32)cc1. The molecule has 0 fully saturated rings. The lowest BCUT2D eigenvalue weighted by atomic mass is 9.96. The number of nitrogens with zero attached hydrogens (tertiary/aromatic N) is 3. The van der Waals surface area contributed by atoms with E-state index in [1.54, 1.807) is 12.4 Å². The second-order valence-electron chi connectivity index (χ2n) is 9.88. The van der Waals surface area contributed by atoms with E-state index in [0.29, 0.717) is 36.6 Å². The monoisotopic (exact) mass is 612 g/mol. The average molecular weight is 614 g/mol. The number of amides is 2. The molecule has 5 rings (SSSR count). The molecular weight excluding hydrogens is 584 g/mol. The van der Waals surface area contributed by atoms with Crippen LogP contribution in [-0.4, -0.2) is 34.0 Å². The van der Waals surface area contributed by atoms with Crippen LogP contribution in [0.3, 0.4) is 0 Å². The van der Waals surface area contributed by atoms with Crippen molar-refractivity contribution in [1.82, 2.24) is 20.2 Å². The quantitative estimate of drug-likeness (QED) is 0.248. The van der Waals surface area contributed by atoms with E-state index >= 15 is 0 Å². The number of nitrogens with two attached hydrogens (primary N) is 1. The number of halogens is 1. The van der Waals surface area contributed by atoms with Crippen molar-refractivity contribution in [3.05, 3.63) is 117 Å². The summed E-state index contributed by atoms with van der Waals surface area (Å²) in [6.45, 7) is 1.64. The van der Waals surface area contributed by atoms with Gasteiger partial charge in [0.2, 0.25) is 5.91 Å². The Morgan fingerprint density at radius 2 is 1.88 bits per heavy atom. The second kappa shape index (κ2) is 12.8. The fraction of sp³-hybridized carbons (Fsp3) is 0.226. The molecule has 3 aromatic carbocycles. The highest BCUT2D eigenvalue weighted by Gasteiger charge is 2.28. The zero-order valence-electron chi connectivity index (χ0n) is 22.2. The number of carbonyl (C=O) groups excluding carboxylic acids is 2. The minimum Gasteiger partial charge on any atom is -0.492 e. The molecule has 208 valence electrons. The Morgan fingerprint density at radius 1 is 1.12 bits per heavy atom. The van der Waals surface area contributed by atoms with Gasteiger partial charge in [-0.2, -0.15) is 5.26 Å². The van der Waals surface area contributed by atoms with E-state index in [1.165, 1.54) is 0 Å². The lowest BCUT2D eigenvalue weighted by Gasteiger charge is -2.28. The molecule has 0 spiro atoms. The topological polar surface area (TPSA) is 135 Å². The van der Waals surface area contributed by atoms with Crippen molar-refractivity contribution in [2.24, 2.45) is 5.73 Å². The fourth-order valence-electron chi connectivity index (χ4n) is 4.88. The van der Waals surface area contributed by atoms with Gasteiger partial charge >= 0.3 is 0 Å². The van der Waals surface area contributed by atoms with Crippen LogP contribution in [0.25, 0.3) is 0 Å². The first-order valence-corrected chi connectivity index (χ1v) is 14.0. The number of para-hydroxylation sites is 1. The van der Waals surface area contributed by atoms with Crippen molar-refractivity contribution in [2.45, 2.75) is 38.0 Å². The maximum Gasteiger partial charge on any atom is 0.255 e. The maximum atomic E-state index is 13.3. The Labute approximate surface area is 246 Å². The van der Waals surface area contributed by atoms with Crippen LogP contribution >= 0.6 is 15.9 Å². The largest absolute Gasteiger partial charge is 0.492 e. The number of hydrogen-bond acceptors (Lipinski definition) is 6. The van der Waals surface area contributed by atoms with Gasteiger partial charge in [-0.3, -0.25) is 9.59 Å². The lowest BCUT2D eigenvalue weighted by Crippen LogP contribution is -2.46. The van der Waals surface area contributed by atoms with E-state index in [-0.39, 0.29) is 12.5 Å². The summed E-state index contributed by atoms with van der Waals surface area (Å²) in [6, 6.07) is 21.7. The Balaban J connectivity index is 1.27. The summed E-state index contributed by atoms with van der Waals surface area (Å²) in [5.41, 5.74) is 10.5. The fourth-order valence-corrected chi connectivity index (χ4v) is 5.14. The number of rotatable bonds is 10. The average Bonchev–Trinajstić information content (AvgIpc) is 3.43. The molecule has 9 nitrogen and oxygen atoms in total. The molecule has 41 heavy (non-hydrogen) atoms. The molecule has 4 aromatic rings. The van der Waals surface area contributed by atoms with Gasteiger partial charge in [-0.25, -0.2) is 4.98 Å². The van der Waals surface area contributed by atoms with Gasteiger partial charge in [0.25, 0.3) is 5.91 Å². The van der Waals surface area contributed by atoms with Crippen LogP contribution in [0.15, 0.2) is 83.7 Å². The van der Waals surface area contributed by atoms with Crippen molar-refractivity contribution >= 4 is 27.7 Å². The van der Waals surface area contributed by atoms with Crippen LogP contribution in [-0.2, 0) is 24.3 Å². The molecule has 0 bridgehead atoms. The molecule has 1 aliphatic heterocycles. The highest BCUT2D eigenvalue weighted by Crippen LogP contribution is 2.35. The molecule has 1 aliphatic rings. The van der Waals surface area contributed by atoms with Gasteiger partial charge in [-0.15, -0.1) is 0 Å². The third-order valence-corrected chi connectivity index (χ3v) is 7.61. The minimum atomic E-state index is -0.867. The molecule has 2 amide bonds. The van der Waals surface area contributed by atoms with E-state index in [0.717, 1.165) is 33.3 Å². The van der Waals surface area contributed by atoms with Gasteiger partial charge < -0.3 is 25.7 Å². The van der Waals surface area contributed by atoms with E-state index in [4.69, 9.17) is 15.7 Å². The zero-order chi connectivity index (χ0) is 28.8. The summed E-state index contributed by atoms with van der Waals surface area (Å²) in [5.74, 6) is -0.514.